The van der Waals surface area contributed by atoms with Crippen molar-refractivity contribution in [2.75, 3.05) is 0 Å². The molecule has 4 aliphatic carbocycles. The van der Waals surface area contributed by atoms with Crippen molar-refractivity contribution in [3.8, 4) is 0 Å². The second-order valence-corrected chi connectivity index (χ2v) is 7.38. The lowest BCUT2D eigenvalue weighted by Gasteiger charge is -2.48. The van der Waals surface area contributed by atoms with E-state index in [2.05, 4.69) is 19.6 Å². The van der Waals surface area contributed by atoms with Gasteiger partial charge in [0, 0.05) is 0 Å². The van der Waals surface area contributed by atoms with Gasteiger partial charge in [-0.25, -0.2) is 0 Å². The fraction of sp³-hybridized carbons (Fsp3) is 0.684. The van der Waals surface area contributed by atoms with Crippen LogP contribution < -0.4 is 0 Å². The van der Waals surface area contributed by atoms with E-state index < -0.39 is 0 Å². The van der Waals surface area contributed by atoms with Crippen LogP contribution >= 0.6 is 0 Å². The summed E-state index contributed by atoms with van der Waals surface area (Å²) in [7, 11) is 0. The quantitative estimate of drug-likeness (QED) is 0.506. The fourth-order valence-electron chi connectivity index (χ4n) is 5.69. The third-order valence-corrected chi connectivity index (χ3v) is 6.57. The first-order valence-corrected chi connectivity index (χ1v) is 8.31. The summed E-state index contributed by atoms with van der Waals surface area (Å²) in [5, 5.41) is 0. The van der Waals surface area contributed by atoms with Crippen LogP contribution in [0.25, 0.3) is 0 Å². The first-order chi connectivity index (χ1) is 9.24. The highest BCUT2D eigenvalue weighted by molar-refractivity contribution is 5.32. The SMILES string of the molecule is C=C1C=C2CCC3C4CCC(C)=C4CCC3C2CC1. The Hall–Kier alpha value is -0.780. The molecule has 0 saturated heterocycles. The largest absolute Gasteiger partial charge is 0.0958 e. The summed E-state index contributed by atoms with van der Waals surface area (Å²) in [6, 6.07) is 0. The highest BCUT2D eigenvalue weighted by Crippen LogP contribution is 2.56. The number of hydrogen-bond donors (Lipinski definition) is 0. The lowest BCUT2D eigenvalue weighted by molar-refractivity contribution is 0.111. The molecule has 0 aromatic carbocycles. The second kappa shape index (κ2) is 4.36. The minimum atomic E-state index is 0.923. The molecule has 0 radical (unpaired) electrons. The van der Waals surface area contributed by atoms with Gasteiger partial charge in [0.25, 0.3) is 0 Å². The van der Waals surface area contributed by atoms with Gasteiger partial charge in [0.2, 0.25) is 0 Å². The molecule has 0 heterocycles. The predicted molar refractivity (Wildman–Crippen MR) is 80.8 cm³/mol. The van der Waals surface area contributed by atoms with E-state index in [9.17, 15) is 0 Å². The Kier molecular flexibility index (Phi) is 2.76. The normalized spacial score (nSPS) is 41.5. The summed E-state index contributed by atoms with van der Waals surface area (Å²) in [6.07, 6.45) is 13.7. The molecule has 0 N–H and O–H groups in total. The molecule has 102 valence electrons. The average molecular weight is 254 g/mol. The molecule has 19 heavy (non-hydrogen) atoms. The summed E-state index contributed by atoms with van der Waals surface area (Å²) >= 11 is 0. The van der Waals surface area contributed by atoms with Crippen LogP contribution in [0, 0.1) is 23.7 Å². The van der Waals surface area contributed by atoms with E-state index in [1.165, 1.54) is 56.9 Å². The van der Waals surface area contributed by atoms with Crippen molar-refractivity contribution < 1.29 is 0 Å². The Morgan fingerprint density at radius 3 is 2.53 bits per heavy atom. The zero-order valence-corrected chi connectivity index (χ0v) is 12.3. The predicted octanol–water partition coefficient (Wildman–Crippen LogP) is 5.43. The second-order valence-electron chi connectivity index (χ2n) is 7.38. The van der Waals surface area contributed by atoms with Gasteiger partial charge in [-0.05, 0) is 82.0 Å². The standard InChI is InChI=1S/C19H26/c1-12-3-6-16-14(11-12)5-8-19-17-7-4-13(2)15(17)9-10-18(16)19/h11,16-19H,1,3-10H2,2H3. The van der Waals surface area contributed by atoms with Gasteiger partial charge in [0.05, 0.1) is 0 Å². The van der Waals surface area contributed by atoms with E-state index in [1.54, 1.807) is 11.1 Å². The van der Waals surface area contributed by atoms with Gasteiger partial charge in [-0.1, -0.05) is 34.9 Å². The van der Waals surface area contributed by atoms with E-state index in [0.717, 1.165) is 23.7 Å². The van der Waals surface area contributed by atoms with Crippen LogP contribution in [0.15, 0.2) is 34.9 Å². The minimum absolute atomic E-state index is 0.923. The third kappa shape index (κ3) is 1.79. The Bertz CT molecular complexity index is 476. The number of fused-ring (bicyclic) bond motifs is 5. The molecule has 0 aromatic heterocycles. The van der Waals surface area contributed by atoms with E-state index in [-0.39, 0.29) is 0 Å². The number of hydrogen-bond acceptors (Lipinski definition) is 0. The molecule has 0 nitrogen and oxygen atoms in total. The Labute approximate surface area is 117 Å². The minimum Gasteiger partial charge on any atom is -0.0958 e. The molecule has 0 bridgehead atoms. The summed E-state index contributed by atoms with van der Waals surface area (Å²) < 4.78 is 0. The van der Waals surface area contributed by atoms with E-state index in [1.807, 2.05) is 5.57 Å². The molecule has 2 fully saturated rings. The van der Waals surface area contributed by atoms with Crippen LogP contribution in [0.4, 0.5) is 0 Å². The van der Waals surface area contributed by atoms with Gasteiger partial charge in [-0.15, -0.1) is 0 Å². The van der Waals surface area contributed by atoms with Gasteiger partial charge in [-0.3, -0.25) is 0 Å². The maximum Gasteiger partial charge on any atom is -0.0166 e. The molecule has 4 atom stereocenters. The molecule has 0 aromatic rings. The summed E-state index contributed by atoms with van der Waals surface area (Å²) in [6.45, 7) is 6.59. The van der Waals surface area contributed by atoms with Gasteiger partial charge in [-0.2, -0.15) is 0 Å². The highest BCUT2D eigenvalue weighted by Gasteiger charge is 2.45. The summed E-state index contributed by atoms with van der Waals surface area (Å²) in [4.78, 5) is 0. The van der Waals surface area contributed by atoms with E-state index >= 15 is 0 Å². The molecular weight excluding hydrogens is 228 g/mol. The molecule has 0 spiro atoms. The van der Waals surface area contributed by atoms with Crippen LogP contribution in [-0.2, 0) is 0 Å². The Balaban J connectivity index is 1.64. The molecule has 0 aliphatic heterocycles. The molecule has 4 rings (SSSR count). The Morgan fingerprint density at radius 2 is 1.63 bits per heavy atom. The fourth-order valence-corrected chi connectivity index (χ4v) is 5.69. The van der Waals surface area contributed by atoms with E-state index in [4.69, 9.17) is 0 Å². The first-order valence-electron chi connectivity index (χ1n) is 8.31. The molecule has 4 aliphatic rings. The van der Waals surface area contributed by atoms with Crippen molar-refractivity contribution in [3.63, 3.8) is 0 Å². The van der Waals surface area contributed by atoms with Gasteiger partial charge < -0.3 is 0 Å². The molecule has 0 amide bonds. The van der Waals surface area contributed by atoms with Crippen molar-refractivity contribution in [1.29, 1.82) is 0 Å². The van der Waals surface area contributed by atoms with Crippen LogP contribution in [-0.4, -0.2) is 0 Å². The van der Waals surface area contributed by atoms with Crippen molar-refractivity contribution in [2.45, 2.75) is 58.3 Å². The van der Waals surface area contributed by atoms with Crippen molar-refractivity contribution in [1.82, 2.24) is 0 Å². The maximum absolute atomic E-state index is 4.19. The Morgan fingerprint density at radius 1 is 0.895 bits per heavy atom. The zero-order chi connectivity index (χ0) is 13.0. The summed E-state index contributed by atoms with van der Waals surface area (Å²) in [5.41, 5.74) is 6.79. The highest BCUT2D eigenvalue weighted by atomic mass is 14.5. The van der Waals surface area contributed by atoms with Gasteiger partial charge in [0.1, 0.15) is 0 Å². The smallest absolute Gasteiger partial charge is 0.0166 e. The molecule has 2 saturated carbocycles. The molecule has 4 unspecified atom stereocenters. The lowest BCUT2D eigenvalue weighted by Crippen LogP contribution is -2.38. The topological polar surface area (TPSA) is 0 Å². The number of rotatable bonds is 0. The molecular formula is C19H26. The van der Waals surface area contributed by atoms with Gasteiger partial charge in [0.15, 0.2) is 0 Å². The first kappa shape index (κ1) is 12.0. The average Bonchev–Trinajstić information content (AvgIpc) is 2.80. The van der Waals surface area contributed by atoms with Crippen LogP contribution in [0.1, 0.15) is 58.3 Å². The maximum atomic E-state index is 4.19. The monoisotopic (exact) mass is 254 g/mol. The van der Waals surface area contributed by atoms with Crippen molar-refractivity contribution in [3.05, 3.63) is 34.9 Å². The van der Waals surface area contributed by atoms with Crippen molar-refractivity contribution in [2.24, 2.45) is 23.7 Å². The van der Waals surface area contributed by atoms with Crippen LogP contribution in [0.3, 0.4) is 0 Å². The number of allylic oxidation sites excluding steroid dienone is 5. The van der Waals surface area contributed by atoms with Crippen molar-refractivity contribution >= 4 is 0 Å². The zero-order valence-electron chi connectivity index (χ0n) is 12.3. The van der Waals surface area contributed by atoms with Crippen LogP contribution in [0.2, 0.25) is 0 Å². The summed E-state index contributed by atoms with van der Waals surface area (Å²) in [5.74, 6) is 3.93. The van der Waals surface area contributed by atoms with E-state index in [0.29, 0.717) is 0 Å². The lowest BCUT2D eigenvalue weighted by atomic mass is 9.57. The third-order valence-electron chi connectivity index (χ3n) is 6.57. The van der Waals surface area contributed by atoms with Gasteiger partial charge >= 0.3 is 0 Å². The molecule has 0 heteroatoms. The van der Waals surface area contributed by atoms with Crippen LogP contribution in [0.5, 0.6) is 0 Å².